The third kappa shape index (κ3) is 4.25. The first-order valence-electron chi connectivity index (χ1n) is 12.1. The summed E-state index contributed by atoms with van der Waals surface area (Å²) in [5, 5.41) is 1.02. The van der Waals surface area contributed by atoms with Crippen molar-refractivity contribution in [1.82, 2.24) is 4.98 Å². The molecule has 1 amide bonds. The number of fused-ring (bicyclic) bond motifs is 2. The van der Waals surface area contributed by atoms with Crippen LogP contribution in [0, 0.1) is 13.8 Å². The smallest absolute Gasteiger partial charge is 0.297 e. The normalized spacial score (nSPS) is 15.1. The quantitative estimate of drug-likeness (QED) is 0.262. The number of nitrogens with zero attached hydrogens (tertiary/aromatic N) is 2. The Morgan fingerprint density at radius 2 is 1.80 bits per heavy atom. The Kier molecular flexibility index (Phi) is 6.43. The summed E-state index contributed by atoms with van der Waals surface area (Å²) in [5.41, 5.74) is 2.24. The number of rotatable bonds is 8. The number of benzene rings is 2. The zero-order valence-corrected chi connectivity index (χ0v) is 21.0. The number of unbranched alkanes of at least 4 members (excludes halogenated alkanes) is 3. The molecule has 0 bridgehead atoms. The van der Waals surface area contributed by atoms with Crippen LogP contribution in [0.2, 0.25) is 0 Å². The molecule has 4 aromatic rings. The van der Waals surface area contributed by atoms with E-state index < -0.39 is 6.04 Å². The summed E-state index contributed by atoms with van der Waals surface area (Å²) >= 11 is 1.44. The molecule has 0 N–H and O–H groups in total. The highest BCUT2D eigenvalue weighted by Gasteiger charge is 2.45. The number of carbonyl (C=O) groups excluding carboxylic acids is 1. The summed E-state index contributed by atoms with van der Waals surface area (Å²) in [7, 11) is 0. The van der Waals surface area contributed by atoms with E-state index in [1.54, 1.807) is 29.2 Å². The maximum atomic E-state index is 13.6. The summed E-state index contributed by atoms with van der Waals surface area (Å²) in [6.45, 7) is 6.75. The van der Waals surface area contributed by atoms with Crippen LogP contribution in [0.3, 0.4) is 0 Å². The van der Waals surface area contributed by atoms with E-state index in [2.05, 4.69) is 11.9 Å². The van der Waals surface area contributed by atoms with Gasteiger partial charge >= 0.3 is 0 Å². The largest absolute Gasteiger partial charge is 0.494 e. The molecule has 0 saturated heterocycles. The fourth-order valence-corrected chi connectivity index (χ4v) is 5.39. The second-order valence-electron chi connectivity index (χ2n) is 8.86. The van der Waals surface area contributed by atoms with E-state index in [1.807, 2.05) is 38.1 Å². The van der Waals surface area contributed by atoms with Gasteiger partial charge in [-0.15, -0.1) is 11.3 Å². The second kappa shape index (κ2) is 9.66. The molecule has 180 valence electrons. The number of hydrogen-bond donors (Lipinski definition) is 0. The molecule has 2 aromatic heterocycles. The van der Waals surface area contributed by atoms with Gasteiger partial charge in [-0.3, -0.25) is 14.5 Å². The minimum atomic E-state index is -0.623. The minimum absolute atomic E-state index is 0.0838. The number of thiazole rings is 1. The predicted molar refractivity (Wildman–Crippen MR) is 139 cm³/mol. The molecule has 3 heterocycles. The number of aromatic nitrogens is 1. The van der Waals surface area contributed by atoms with E-state index in [4.69, 9.17) is 9.15 Å². The van der Waals surface area contributed by atoms with E-state index in [0.717, 1.165) is 34.7 Å². The third-order valence-corrected chi connectivity index (χ3v) is 7.54. The average Bonchev–Trinajstić information content (AvgIpc) is 3.35. The lowest BCUT2D eigenvalue weighted by atomic mass is 9.98. The van der Waals surface area contributed by atoms with Gasteiger partial charge in [0.2, 0.25) is 5.76 Å². The predicted octanol–water partition coefficient (Wildman–Crippen LogP) is 6.58. The van der Waals surface area contributed by atoms with E-state index >= 15 is 0 Å². The van der Waals surface area contributed by atoms with Crippen molar-refractivity contribution in [2.75, 3.05) is 11.5 Å². The van der Waals surface area contributed by atoms with Crippen molar-refractivity contribution in [3.05, 3.63) is 86.2 Å². The fraction of sp³-hybridized carbons (Fsp3) is 0.321. The molecule has 1 aliphatic rings. The molecule has 0 fully saturated rings. The summed E-state index contributed by atoms with van der Waals surface area (Å²) in [5.74, 6) is 0.506. The van der Waals surface area contributed by atoms with Crippen LogP contribution in [0.1, 0.15) is 70.9 Å². The van der Waals surface area contributed by atoms with Crippen molar-refractivity contribution in [3.63, 3.8) is 0 Å². The first kappa shape index (κ1) is 23.3. The summed E-state index contributed by atoms with van der Waals surface area (Å²) in [4.78, 5) is 34.5. The van der Waals surface area contributed by atoms with Gasteiger partial charge in [0, 0.05) is 4.88 Å². The molecule has 6 nitrogen and oxygen atoms in total. The number of aryl methyl sites for hydroxylation is 2. The maximum Gasteiger partial charge on any atom is 0.297 e. The van der Waals surface area contributed by atoms with Crippen molar-refractivity contribution in [2.24, 2.45) is 0 Å². The number of para-hydroxylation sites is 1. The van der Waals surface area contributed by atoms with Gasteiger partial charge in [0.15, 0.2) is 10.6 Å². The molecule has 35 heavy (non-hydrogen) atoms. The zero-order valence-electron chi connectivity index (χ0n) is 20.2. The van der Waals surface area contributed by atoms with Crippen molar-refractivity contribution >= 4 is 33.3 Å². The highest BCUT2D eigenvalue weighted by Crippen LogP contribution is 2.43. The number of anilines is 1. The lowest BCUT2D eigenvalue weighted by Gasteiger charge is -2.22. The molecule has 0 unspecified atom stereocenters. The zero-order chi connectivity index (χ0) is 24.5. The van der Waals surface area contributed by atoms with Crippen LogP contribution in [0.15, 0.2) is 57.7 Å². The minimum Gasteiger partial charge on any atom is -0.494 e. The Morgan fingerprint density at radius 1 is 1.03 bits per heavy atom. The number of carbonyl (C=O) groups is 1. The summed E-state index contributed by atoms with van der Waals surface area (Å²) in [6.07, 6.45) is 4.57. The first-order valence-corrected chi connectivity index (χ1v) is 12.9. The Morgan fingerprint density at radius 3 is 2.51 bits per heavy atom. The molecular formula is C28H28N2O4S. The molecule has 2 aromatic carbocycles. The molecule has 0 radical (unpaired) electrons. The SMILES string of the molecule is CCCCCCOc1ccc([C@@H]2c3c(oc4ccccc4c3=O)C(=O)N2c2nc(C)c(C)s2)cc1. The first-order chi connectivity index (χ1) is 17.0. The van der Waals surface area contributed by atoms with Gasteiger partial charge in [-0.1, -0.05) is 50.5 Å². The molecule has 1 atom stereocenters. The second-order valence-corrected chi connectivity index (χ2v) is 10.0. The van der Waals surface area contributed by atoms with Gasteiger partial charge in [-0.05, 0) is 50.1 Å². The topological polar surface area (TPSA) is 72.6 Å². The Hall–Kier alpha value is -3.45. The Bertz CT molecular complexity index is 1420. The van der Waals surface area contributed by atoms with E-state index in [1.165, 1.54) is 24.2 Å². The van der Waals surface area contributed by atoms with Crippen molar-refractivity contribution in [1.29, 1.82) is 0 Å². The third-order valence-electron chi connectivity index (χ3n) is 6.46. The van der Waals surface area contributed by atoms with Crippen molar-refractivity contribution in [3.8, 4) is 5.75 Å². The lowest BCUT2D eigenvalue weighted by Crippen LogP contribution is -2.29. The van der Waals surface area contributed by atoms with Crippen LogP contribution >= 0.6 is 11.3 Å². The Labute approximate surface area is 208 Å². The highest BCUT2D eigenvalue weighted by atomic mass is 32.1. The number of ether oxygens (including phenoxy) is 1. The van der Waals surface area contributed by atoms with Gasteiger partial charge < -0.3 is 9.15 Å². The molecule has 0 spiro atoms. The van der Waals surface area contributed by atoms with E-state index in [9.17, 15) is 9.59 Å². The monoisotopic (exact) mass is 488 g/mol. The number of amides is 1. The number of hydrogen-bond acceptors (Lipinski definition) is 6. The summed E-state index contributed by atoms with van der Waals surface area (Å²) < 4.78 is 11.9. The van der Waals surface area contributed by atoms with Gasteiger partial charge in [0.05, 0.1) is 29.3 Å². The summed E-state index contributed by atoms with van der Waals surface area (Å²) in [6, 6.07) is 14.1. The van der Waals surface area contributed by atoms with Crippen LogP contribution in [-0.2, 0) is 0 Å². The van der Waals surface area contributed by atoms with Crippen LogP contribution < -0.4 is 15.1 Å². The van der Waals surface area contributed by atoms with Crippen LogP contribution in [0.4, 0.5) is 5.13 Å². The molecule has 0 aliphatic carbocycles. The van der Waals surface area contributed by atoms with Gasteiger partial charge in [0.1, 0.15) is 11.3 Å². The molecule has 7 heteroatoms. The van der Waals surface area contributed by atoms with Gasteiger partial charge in [-0.2, -0.15) is 0 Å². The van der Waals surface area contributed by atoms with Crippen molar-refractivity contribution in [2.45, 2.75) is 52.5 Å². The van der Waals surface area contributed by atoms with Crippen LogP contribution in [0.5, 0.6) is 5.75 Å². The molecular weight excluding hydrogens is 460 g/mol. The van der Waals surface area contributed by atoms with E-state index in [0.29, 0.717) is 28.3 Å². The van der Waals surface area contributed by atoms with E-state index in [-0.39, 0.29) is 17.1 Å². The standard InChI is InChI=1S/C28H28N2O4S/c1-4-5-6-9-16-33-20-14-12-19(13-15-20)24-23-25(31)21-10-7-8-11-22(21)34-26(23)27(32)30(24)28-29-17(2)18(3)35-28/h7-8,10-15,24H,4-6,9,16H2,1-3H3/t24-/m1/s1. The molecule has 1 aliphatic heterocycles. The highest BCUT2D eigenvalue weighted by molar-refractivity contribution is 7.15. The fourth-order valence-electron chi connectivity index (χ4n) is 4.46. The lowest BCUT2D eigenvalue weighted by molar-refractivity contribution is 0.0971. The average molecular weight is 489 g/mol. The Balaban J connectivity index is 1.56. The van der Waals surface area contributed by atoms with Crippen LogP contribution in [-0.4, -0.2) is 17.5 Å². The van der Waals surface area contributed by atoms with Crippen LogP contribution in [0.25, 0.3) is 11.0 Å². The van der Waals surface area contributed by atoms with Gasteiger partial charge in [-0.25, -0.2) is 4.98 Å². The molecule has 5 rings (SSSR count). The van der Waals surface area contributed by atoms with Gasteiger partial charge in [0.25, 0.3) is 5.91 Å². The molecule has 0 saturated carbocycles. The maximum absolute atomic E-state index is 13.6. The van der Waals surface area contributed by atoms with Crippen molar-refractivity contribution < 1.29 is 13.9 Å².